The fourth-order valence-electron chi connectivity index (χ4n) is 3.17. The lowest BCUT2D eigenvalue weighted by Crippen LogP contribution is -2.42. The zero-order chi connectivity index (χ0) is 18.3. The van der Waals surface area contributed by atoms with E-state index in [-0.39, 0.29) is 6.42 Å². The molecule has 0 spiro atoms. The van der Waals surface area contributed by atoms with Crippen LogP contribution < -0.4 is 4.74 Å². The number of cyclic esters (lactones) is 1. The van der Waals surface area contributed by atoms with Gasteiger partial charge in [-0.15, -0.1) is 0 Å². The molecule has 2 amide bonds. The zero-order valence-electron chi connectivity index (χ0n) is 14.0. The van der Waals surface area contributed by atoms with E-state index in [1.54, 1.807) is 49.6 Å². The highest BCUT2D eigenvalue weighted by molar-refractivity contribution is 6.22. The molecule has 2 aliphatic heterocycles. The number of nitrogens with zero attached hydrogens (tertiary/aromatic N) is 1. The van der Waals surface area contributed by atoms with E-state index in [4.69, 9.17) is 9.47 Å². The Morgan fingerprint density at radius 2 is 1.62 bits per heavy atom. The molecule has 130 valence electrons. The van der Waals surface area contributed by atoms with Crippen LogP contribution in [0.3, 0.4) is 0 Å². The van der Waals surface area contributed by atoms with Gasteiger partial charge in [0.15, 0.2) is 0 Å². The average Bonchev–Trinajstić information content (AvgIpc) is 3.13. The van der Waals surface area contributed by atoms with Crippen LogP contribution in [0.4, 0.5) is 0 Å². The Morgan fingerprint density at radius 3 is 2.19 bits per heavy atom. The molecule has 2 heterocycles. The Kier molecular flexibility index (Phi) is 3.80. The smallest absolute Gasteiger partial charge is 0.334 e. The second kappa shape index (κ2) is 6.15. The van der Waals surface area contributed by atoms with Crippen molar-refractivity contribution in [3.63, 3.8) is 0 Å². The standard InChI is InChI=1S/C20H15NO5/c1-25-13-8-6-12(7-9-13)10-14-11-17(20(24)26-14)21-18(22)15-4-2-3-5-16(15)19(21)23/h2-10,17H,11H2,1H3/b14-10-/t17-/m0/s1. The molecule has 4 rings (SSSR count). The van der Waals surface area contributed by atoms with Gasteiger partial charge in [0.05, 0.1) is 18.2 Å². The van der Waals surface area contributed by atoms with Crippen LogP contribution in [0.25, 0.3) is 6.08 Å². The molecule has 2 aliphatic rings. The highest BCUT2D eigenvalue weighted by atomic mass is 16.5. The highest BCUT2D eigenvalue weighted by Gasteiger charge is 2.46. The van der Waals surface area contributed by atoms with Gasteiger partial charge in [-0.1, -0.05) is 24.3 Å². The number of hydrogen-bond acceptors (Lipinski definition) is 5. The number of amides is 2. The number of benzene rings is 2. The van der Waals surface area contributed by atoms with Gasteiger partial charge in [-0.3, -0.25) is 14.5 Å². The topological polar surface area (TPSA) is 72.9 Å². The van der Waals surface area contributed by atoms with Crippen molar-refractivity contribution in [2.24, 2.45) is 0 Å². The minimum atomic E-state index is -0.938. The normalized spacial score (nSPS) is 20.5. The van der Waals surface area contributed by atoms with E-state index in [0.29, 0.717) is 16.9 Å². The fraction of sp³-hybridized carbons (Fsp3) is 0.150. The average molecular weight is 349 g/mol. The molecule has 2 aromatic rings. The number of methoxy groups -OCH3 is 1. The summed E-state index contributed by atoms with van der Waals surface area (Å²) in [5, 5.41) is 0. The number of carbonyl (C=O) groups is 3. The lowest BCUT2D eigenvalue weighted by atomic mass is 10.1. The SMILES string of the molecule is COc1ccc(/C=C2/C[C@H](N3C(=O)c4ccccc4C3=O)C(=O)O2)cc1. The fourth-order valence-corrected chi connectivity index (χ4v) is 3.17. The molecule has 0 radical (unpaired) electrons. The van der Waals surface area contributed by atoms with Gasteiger partial charge >= 0.3 is 5.97 Å². The van der Waals surface area contributed by atoms with Crippen molar-refractivity contribution in [2.45, 2.75) is 12.5 Å². The van der Waals surface area contributed by atoms with Gasteiger partial charge in [-0.2, -0.15) is 0 Å². The van der Waals surface area contributed by atoms with E-state index in [9.17, 15) is 14.4 Å². The van der Waals surface area contributed by atoms with Gasteiger partial charge in [0.25, 0.3) is 11.8 Å². The predicted octanol–water partition coefficient (Wildman–Crippen LogP) is 2.65. The van der Waals surface area contributed by atoms with Crippen LogP contribution in [0.15, 0.2) is 54.3 Å². The first-order valence-corrected chi connectivity index (χ1v) is 8.11. The first kappa shape index (κ1) is 16.1. The molecule has 0 aromatic heterocycles. The first-order chi connectivity index (χ1) is 12.6. The van der Waals surface area contributed by atoms with Crippen molar-refractivity contribution in [1.82, 2.24) is 4.90 Å². The largest absolute Gasteiger partial charge is 0.497 e. The maximum atomic E-state index is 12.5. The van der Waals surface area contributed by atoms with Gasteiger partial charge in [0.2, 0.25) is 0 Å². The quantitative estimate of drug-likeness (QED) is 0.629. The van der Waals surface area contributed by atoms with Gasteiger partial charge in [0, 0.05) is 6.42 Å². The molecule has 0 bridgehead atoms. The van der Waals surface area contributed by atoms with Crippen LogP contribution >= 0.6 is 0 Å². The van der Waals surface area contributed by atoms with E-state index < -0.39 is 23.8 Å². The van der Waals surface area contributed by atoms with E-state index >= 15 is 0 Å². The van der Waals surface area contributed by atoms with E-state index in [0.717, 1.165) is 16.2 Å². The van der Waals surface area contributed by atoms with Crippen LogP contribution in [0, 0.1) is 0 Å². The third kappa shape index (κ3) is 2.56. The van der Waals surface area contributed by atoms with Gasteiger partial charge in [-0.25, -0.2) is 4.79 Å². The molecular weight excluding hydrogens is 334 g/mol. The Labute approximate surface area is 149 Å². The lowest BCUT2D eigenvalue weighted by molar-refractivity contribution is -0.138. The van der Waals surface area contributed by atoms with Crippen molar-refractivity contribution in [1.29, 1.82) is 0 Å². The highest BCUT2D eigenvalue weighted by Crippen LogP contribution is 2.32. The molecule has 1 saturated heterocycles. The predicted molar refractivity (Wildman–Crippen MR) is 92.4 cm³/mol. The molecule has 26 heavy (non-hydrogen) atoms. The Morgan fingerprint density at radius 1 is 1.00 bits per heavy atom. The maximum absolute atomic E-state index is 12.5. The summed E-state index contributed by atoms with van der Waals surface area (Å²) in [6.45, 7) is 0. The summed E-state index contributed by atoms with van der Waals surface area (Å²) >= 11 is 0. The van der Waals surface area contributed by atoms with Crippen molar-refractivity contribution >= 4 is 23.9 Å². The summed E-state index contributed by atoms with van der Waals surface area (Å²) in [5.74, 6) is -0.378. The number of rotatable bonds is 3. The van der Waals surface area contributed by atoms with Crippen LogP contribution in [0.5, 0.6) is 5.75 Å². The summed E-state index contributed by atoms with van der Waals surface area (Å²) < 4.78 is 10.4. The molecule has 0 unspecified atom stereocenters. The third-order valence-electron chi connectivity index (χ3n) is 4.48. The summed E-state index contributed by atoms with van der Waals surface area (Å²) in [5.41, 5.74) is 1.47. The minimum Gasteiger partial charge on any atom is -0.497 e. The maximum Gasteiger partial charge on any atom is 0.334 e. The lowest BCUT2D eigenvalue weighted by Gasteiger charge is -2.17. The van der Waals surface area contributed by atoms with E-state index in [1.165, 1.54) is 0 Å². The number of esters is 1. The van der Waals surface area contributed by atoms with E-state index in [1.807, 2.05) is 12.1 Å². The Hall–Kier alpha value is -3.41. The number of hydrogen-bond donors (Lipinski definition) is 0. The first-order valence-electron chi connectivity index (χ1n) is 8.11. The van der Waals surface area contributed by atoms with Crippen molar-refractivity contribution in [3.05, 3.63) is 71.0 Å². The van der Waals surface area contributed by atoms with Crippen molar-refractivity contribution < 1.29 is 23.9 Å². The Balaban J connectivity index is 1.58. The summed E-state index contributed by atoms with van der Waals surface area (Å²) in [7, 11) is 1.58. The summed E-state index contributed by atoms with van der Waals surface area (Å²) in [4.78, 5) is 38.4. The number of imide groups is 1. The Bertz CT molecular complexity index is 910. The minimum absolute atomic E-state index is 0.163. The second-order valence-electron chi connectivity index (χ2n) is 6.05. The van der Waals surface area contributed by atoms with E-state index in [2.05, 4.69) is 0 Å². The van der Waals surface area contributed by atoms with Gasteiger partial charge in [-0.05, 0) is 35.9 Å². The molecule has 1 fully saturated rings. The third-order valence-corrected chi connectivity index (χ3v) is 4.48. The molecule has 2 aromatic carbocycles. The van der Waals surface area contributed by atoms with Crippen molar-refractivity contribution in [2.75, 3.05) is 7.11 Å². The van der Waals surface area contributed by atoms with Gasteiger partial charge < -0.3 is 9.47 Å². The van der Waals surface area contributed by atoms with Crippen LogP contribution in [0.1, 0.15) is 32.7 Å². The second-order valence-corrected chi connectivity index (χ2v) is 6.05. The van der Waals surface area contributed by atoms with Crippen LogP contribution in [-0.2, 0) is 9.53 Å². The monoisotopic (exact) mass is 349 g/mol. The molecular formula is C20H15NO5. The van der Waals surface area contributed by atoms with Crippen LogP contribution in [-0.4, -0.2) is 35.8 Å². The molecule has 1 atom stereocenters. The summed E-state index contributed by atoms with van der Waals surface area (Å²) in [6, 6.07) is 12.9. The number of fused-ring (bicyclic) bond motifs is 1. The molecule has 0 N–H and O–H groups in total. The zero-order valence-corrected chi connectivity index (χ0v) is 14.0. The molecule has 6 nitrogen and oxygen atoms in total. The summed E-state index contributed by atoms with van der Waals surface area (Å²) in [6.07, 6.45) is 1.88. The number of carbonyl (C=O) groups excluding carboxylic acids is 3. The van der Waals surface area contributed by atoms with Crippen LogP contribution in [0.2, 0.25) is 0 Å². The van der Waals surface area contributed by atoms with Gasteiger partial charge in [0.1, 0.15) is 17.6 Å². The molecule has 6 heteroatoms. The molecule has 0 aliphatic carbocycles. The molecule has 0 saturated carbocycles. The van der Waals surface area contributed by atoms with Crippen molar-refractivity contribution in [3.8, 4) is 5.75 Å². The number of ether oxygens (including phenoxy) is 2.